The van der Waals surface area contributed by atoms with Gasteiger partial charge in [0.2, 0.25) is 0 Å². The first-order valence-corrected chi connectivity index (χ1v) is 10.8. The largest absolute Gasteiger partial charge is 0.206 e. The molecule has 0 aliphatic rings. The number of hydrogen-bond acceptors (Lipinski definition) is 0. The molecule has 0 saturated heterocycles. The van der Waals surface area contributed by atoms with Crippen LogP contribution in [0.15, 0.2) is 12.1 Å². The summed E-state index contributed by atoms with van der Waals surface area (Å²) in [6.45, 7) is 1.89. The van der Waals surface area contributed by atoms with E-state index in [0.29, 0.717) is 5.56 Å². The second-order valence-electron chi connectivity index (χ2n) is 9.15. The molecule has 0 bridgehead atoms. The van der Waals surface area contributed by atoms with Crippen molar-refractivity contribution in [2.45, 2.75) is 6.92 Å². The van der Waals surface area contributed by atoms with Crippen molar-refractivity contribution in [1.82, 2.24) is 0 Å². The smallest absolute Gasteiger partial charge is 0.139 e. The number of benzene rings is 3. The molecule has 3 aromatic carbocycles. The van der Waals surface area contributed by atoms with E-state index in [9.17, 15) is 0 Å². The monoisotopic (exact) mass is 382 g/mol. The summed E-state index contributed by atoms with van der Waals surface area (Å²) in [6, 6.07) is 4.09. The van der Waals surface area contributed by atoms with Crippen molar-refractivity contribution in [3.63, 3.8) is 0 Å². The zero-order chi connectivity index (χ0) is 22.7. The molecule has 0 nitrogen and oxygen atoms in total. The average Bonchev–Trinajstić information content (AvgIpc) is 2.71. The highest BCUT2D eigenvalue weighted by molar-refractivity contribution is 6.70. The predicted octanol–water partition coefficient (Wildman–Crippen LogP) is -11.9. The molecule has 30 heavy (non-hydrogen) atoms. The van der Waals surface area contributed by atoms with Crippen molar-refractivity contribution in [3.05, 3.63) is 23.5 Å². The van der Waals surface area contributed by atoms with E-state index in [1.165, 1.54) is 60.2 Å². The molecule has 0 aliphatic heterocycles. The van der Waals surface area contributed by atoms with Gasteiger partial charge >= 0.3 is 0 Å². The molecule has 3 aromatic rings. The van der Waals surface area contributed by atoms with Gasteiger partial charge in [-0.1, -0.05) is 21.9 Å². The summed E-state index contributed by atoms with van der Waals surface area (Å²) in [5, 5.41) is 0. The number of hydrogen-bond donors (Lipinski definition) is 0. The van der Waals surface area contributed by atoms with E-state index < -0.39 is 0 Å². The van der Waals surface area contributed by atoms with Gasteiger partial charge in [-0.05, 0) is 41.3 Å². The van der Waals surface area contributed by atoms with Crippen molar-refractivity contribution in [3.8, 4) is 22.3 Å². The lowest BCUT2D eigenvalue weighted by atomic mass is 9.59. The van der Waals surface area contributed by atoms with Gasteiger partial charge in [-0.2, -0.15) is 0 Å². The molecule has 0 fully saturated rings. The van der Waals surface area contributed by atoms with Gasteiger partial charge in [-0.3, -0.25) is 0 Å². The molecule has 0 N–H and O–H groups in total. The Morgan fingerprint density at radius 2 is 0.833 bits per heavy atom. The van der Waals surface area contributed by atoms with E-state index in [2.05, 4.69) is 84.5 Å². The third kappa shape index (κ3) is 3.39. The van der Waals surface area contributed by atoms with Crippen LogP contribution in [-0.4, -0.2) is 78.5 Å². The Morgan fingerprint density at radius 3 is 1.23 bits per heavy atom. The summed E-state index contributed by atoms with van der Waals surface area (Å²) >= 11 is 0. The fraction of sp³-hybridized carbons (Fsp3) is 0.0526. The summed E-state index contributed by atoms with van der Waals surface area (Å²) in [4.78, 5) is 0. The van der Waals surface area contributed by atoms with Gasteiger partial charge in [0.05, 0.1) is 0 Å². The number of rotatable bonds is 2. The summed E-state index contributed by atoms with van der Waals surface area (Å²) in [5.41, 5.74) is 17.6. The molecule has 0 saturated carbocycles. The maximum absolute atomic E-state index is 15.5. The fourth-order valence-corrected chi connectivity index (χ4v) is 4.93. The molecule has 138 valence electrons. The Kier molecular flexibility index (Phi) is 6.16. The van der Waals surface area contributed by atoms with Crippen LogP contribution in [0.3, 0.4) is 0 Å². The molecule has 0 spiro atoms. The molecule has 0 atom stereocenters. The van der Waals surface area contributed by atoms with E-state index in [4.69, 9.17) is 0 Å². The summed E-state index contributed by atoms with van der Waals surface area (Å²) in [5.74, 6) is -0.108. The second kappa shape index (κ2) is 8.06. The van der Waals surface area contributed by atoms with Crippen LogP contribution in [0.1, 0.15) is 5.56 Å². The van der Waals surface area contributed by atoms with Crippen LogP contribution in [0.25, 0.3) is 22.3 Å². The summed E-state index contributed by atoms with van der Waals surface area (Å²) in [6.07, 6.45) is 0. The summed E-state index contributed by atoms with van der Waals surface area (Å²) in [7, 11) is 21.7. The minimum absolute atomic E-state index is 0.108. The molecular weight excluding hydrogens is 355 g/mol. The lowest BCUT2D eigenvalue weighted by Crippen LogP contribution is -2.55. The zero-order valence-electron chi connectivity index (χ0n) is 20.5. The van der Waals surface area contributed by atoms with Crippen molar-refractivity contribution in [2.24, 2.45) is 0 Å². The summed E-state index contributed by atoms with van der Waals surface area (Å²) < 4.78 is 15.5. The zero-order valence-corrected chi connectivity index (χ0v) is 20.5. The molecule has 0 aromatic heterocycles. The molecule has 0 heterocycles. The maximum atomic E-state index is 15.5. The van der Waals surface area contributed by atoms with Crippen LogP contribution in [0.5, 0.6) is 0 Å². The van der Waals surface area contributed by atoms with E-state index >= 15 is 4.39 Å². The van der Waals surface area contributed by atoms with E-state index in [1.54, 1.807) is 0 Å². The fourth-order valence-electron chi connectivity index (χ4n) is 4.93. The molecular formula is C19H25B10F. The van der Waals surface area contributed by atoms with Crippen LogP contribution in [-0.2, 0) is 0 Å². The van der Waals surface area contributed by atoms with Crippen molar-refractivity contribution >= 4 is 133 Å². The van der Waals surface area contributed by atoms with Gasteiger partial charge in [0, 0.05) is 5.56 Å². The first kappa shape index (κ1) is 22.9. The van der Waals surface area contributed by atoms with E-state index in [1.807, 2.05) is 13.0 Å². The van der Waals surface area contributed by atoms with Crippen molar-refractivity contribution in [1.29, 1.82) is 0 Å². The van der Waals surface area contributed by atoms with Gasteiger partial charge in [0.1, 0.15) is 84.3 Å². The molecule has 11 heteroatoms. The molecule has 0 aliphatic carbocycles. The number of halogens is 1. The Hall–Kier alpha value is -1.76. The topological polar surface area (TPSA) is 0 Å². The van der Waals surface area contributed by atoms with Gasteiger partial charge in [0.25, 0.3) is 0 Å². The lowest BCUT2D eigenvalue weighted by Gasteiger charge is -2.24. The van der Waals surface area contributed by atoms with Crippen LogP contribution in [0, 0.1) is 12.7 Å². The Morgan fingerprint density at radius 1 is 0.500 bits per heavy atom. The third-order valence-corrected chi connectivity index (χ3v) is 7.81. The number of aryl methyl sites for hydroxylation is 1. The third-order valence-electron chi connectivity index (χ3n) is 7.81. The van der Waals surface area contributed by atoms with Crippen molar-refractivity contribution in [2.75, 3.05) is 0 Å². The Labute approximate surface area is 190 Å². The highest BCUT2D eigenvalue weighted by Gasteiger charge is 2.20. The molecule has 0 radical (unpaired) electrons. The van der Waals surface area contributed by atoms with Gasteiger partial charge < -0.3 is 0 Å². The van der Waals surface area contributed by atoms with Gasteiger partial charge in [0.15, 0.2) is 0 Å². The Bertz CT molecular complexity index is 1160. The predicted molar refractivity (Wildman–Crippen MR) is 164 cm³/mol. The van der Waals surface area contributed by atoms with E-state index in [-0.39, 0.29) is 5.82 Å². The lowest BCUT2D eigenvalue weighted by molar-refractivity contribution is 0.622. The minimum Gasteiger partial charge on any atom is -0.206 e. The van der Waals surface area contributed by atoms with E-state index in [0.717, 1.165) is 16.7 Å². The SMILES string of the molecule is Bc1c(B)c(B)c(-c2cc(C)c(F)c(-c3c(B)c(B)c(B)c(B)c3B)c2)c(B)c1B. The van der Waals surface area contributed by atoms with Crippen LogP contribution in [0.4, 0.5) is 4.39 Å². The van der Waals surface area contributed by atoms with Crippen LogP contribution in [0.2, 0.25) is 0 Å². The molecule has 0 amide bonds. The molecule has 3 rings (SSSR count). The average molecular weight is 381 g/mol. The Balaban J connectivity index is 2.44. The highest BCUT2D eigenvalue weighted by atomic mass is 19.1. The maximum Gasteiger partial charge on any atom is 0.139 e. The van der Waals surface area contributed by atoms with Crippen LogP contribution < -0.4 is 54.6 Å². The first-order chi connectivity index (χ1) is 13.9. The molecule has 0 unspecified atom stereocenters. The quantitative estimate of drug-likeness (QED) is 0.388. The van der Waals surface area contributed by atoms with Gasteiger partial charge in [-0.25, -0.2) is 4.39 Å². The van der Waals surface area contributed by atoms with Crippen molar-refractivity contribution < 1.29 is 4.39 Å². The first-order valence-electron chi connectivity index (χ1n) is 10.8. The minimum atomic E-state index is -0.108. The standard InChI is InChI=1S/C19H25B10F/c1-4-2-5(7-9(20)13(24)17(28)14(25)10(7)21)3-6(19(4)30)8-11(22)15(26)18(29)16(27)12(8)23/h2-3H,20-29H2,1H3. The van der Waals surface area contributed by atoms with Crippen LogP contribution >= 0.6 is 0 Å². The second-order valence-corrected chi connectivity index (χ2v) is 9.15. The normalized spacial score (nSPS) is 11.0. The van der Waals surface area contributed by atoms with Gasteiger partial charge in [-0.15, -0.1) is 32.8 Å². The highest BCUT2D eigenvalue weighted by Crippen LogP contribution is 2.27.